The molecule has 0 aromatic carbocycles. The van der Waals surface area contributed by atoms with Crippen LogP contribution in [0.25, 0.3) is 0 Å². The van der Waals surface area contributed by atoms with Crippen LogP contribution in [0.2, 0.25) is 0 Å². The van der Waals surface area contributed by atoms with Gasteiger partial charge in [-0.1, -0.05) is 19.3 Å². The van der Waals surface area contributed by atoms with Crippen LogP contribution in [0.4, 0.5) is 4.79 Å². The molecular weight excluding hydrogens is 310 g/mol. The van der Waals surface area contributed by atoms with Gasteiger partial charge in [-0.2, -0.15) is 11.8 Å². The molecule has 21 heavy (non-hydrogen) atoms. The maximum atomic E-state index is 12.1. The van der Waals surface area contributed by atoms with Crippen molar-refractivity contribution in [2.75, 3.05) is 36.9 Å². The highest BCUT2D eigenvalue weighted by molar-refractivity contribution is 7.99. The first-order valence-electron chi connectivity index (χ1n) is 7.68. The summed E-state index contributed by atoms with van der Waals surface area (Å²) in [7, 11) is -3.23. The molecule has 1 saturated heterocycles. The summed E-state index contributed by atoms with van der Waals surface area (Å²) in [6.45, 7) is 1.34. The Bertz CT molecular complexity index is 430. The van der Waals surface area contributed by atoms with Crippen LogP contribution in [-0.4, -0.2) is 61.7 Å². The van der Waals surface area contributed by atoms with E-state index in [0.29, 0.717) is 13.1 Å². The highest BCUT2D eigenvalue weighted by atomic mass is 32.2. The second-order valence-corrected chi connectivity index (χ2v) is 8.88. The Hall–Kier alpha value is -0.470. The SMILES string of the molecule is O=C(NCCS(=O)(=O)N1CCSCC1)NC1CCCCC1. The van der Waals surface area contributed by atoms with Crippen LogP contribution in [0.5, 0.6) is 0 Å². The van der Waals surface area contributed by atoms with Gasteiger partial charge >= 0.3 is 6.03 Å². The van der Waals surface area contributed by atoms with Crippen molar-refractivity contribution in [2.24, 2.45) is 0 Å². The lowest BCUT2D eigenvalue weighted by atomic mass is 9.96. The van der Waals surface area contributed by atoms with Gasteiger partial charge in [-0.05, 0) is 12.8 Å². The maximum Gasteiger partial charge on any atom is 0.315 e. The van der Waals surface area contributed by atoms with E-state index < -0.39 is 10.0 Å². The number of thioether (sulfide) groups is 1. The Morgan fingerprint density at radius 2 is 1.81 bits per heavy atom. The van der Waals surface area contributed by atoms with Crippen molar-refractivity contribution in [3.05, 3.63) is 0 Å². The van der Waals surface area contributed by atoms with Gasteiger partial charge in [0.2, 0.25) is 10.0 Å². The molecule has 2 N–H and O–H groups in total. The third kappa shape index (κ3) is 5.67. The summed E-state index contributed by atoms with van der Waals surface area (Å²) in [6, 6.07) is 0.000719. The van der Waals surface area contributed by atoms with Gasteiger partial charge in [0.25, 0.3) is 0 Å². The lowest BCUT2D eigenvalue weighted by Gasteiger charge is -2.26. The zero-order valence-corrected chi connectivity index (χ0v) is 14.0. The molecule has 2 amide bonds. The third-order valence-corrected chi connectivity index (χ3v) is 6.76. The summed E-state index contributed by atoms with van der Waals surface area (Å²) in [5, 5.41) is 5.59. The Morgan fingerprint density at radius 3 is 2.48 bits per heavy atom. The lowest BCUT2D eigenvalue weighted by molar-refractivity contribution is 0.233. The van der Waals surface area contributed by atoms with Crippen LogP contribution in [0.1, 0.15) is 32.1 Å². The largest absolute Gasteiger partial charge is 0.337 e. The van der Waals surface area contributed by atoms with Crippen molar-refractivity contribution in [3.63, 3.8) is 0 Å². The molecule has 122 valence electrons. The number of nitrogens with one attached hydrogen (secondary N) is 2. The van der Waals surface area contributed by atoms with Gasteiger partial charge in [-0.25, -0.2) is 17.5 Å². The Balaban J connectivity index is 1.66. The predicted octanol–water partition coefficient (Wildman–Crippen LogP) is 0.997. The second-order valence-electron chi connectivity index (χ2n) is 5.56. The van der Waals surface area contributed by atoms with Gasteiger partial charge in [0.15, 0.2) is 0 Å². The summed E-state index contributed by atoms with van der Waals surface area (Å²) >= 11 is 1.78. The molecule has 0 spiro atoms. The molecule has 1 heterocycles. The van der Waals surface area contributed by atoms with Gasteiger partial charge in [0.1, 0.15) is 0 Å². The number of amides is 2. The average molecular weight is 335 g/mol. The van der Waals surface area contributed by atoms with Crippen molar-refractivity contribution < 1.29 is 13.2 Å². The fourth-order valence-electron chi connectivity index (χ4n) is 2.73. The summed E-state index contributed by atoms with van der Waals surface area (Å²) < 4.78 is 25.7. The van der Waals surface area contributed by atoms with Crippen LogP contribution in [-0.2, 0) is 10.0 Å². The first kappa shape index (κ1) is 16.9. The van der Waals surface area contributed by atoms with E-state index in [1.165, 1.54) is 10.7 Å². The lowest BCUT2D eigenvalue weighted by Crippen LogP contribution is -2.46. The quantitative estimate of drug-likeness (QED) is 0.785. The number of rotatable bonds is 5. The van der Waals surface area contributed by atoms with Crippen LogP contribution in [0, 0.1) is 0 Å². The van der Waals surface area contributed by atoms with E-state index in [-0.39, 0.29) is 24.4 Å². The minimum absolute atomic E-state index is 0.0181. The molecule has 1 aliphatic heterocycles. The molecule has 0 aromatic heterocycles. The normalized spacial score (nSPS) is 21.9. The molecule has 8 heteroatoms. The number of carbonyl (C=O) groups excluding carboxylic acids is 1. The summed E-state index contributed by atoms with van der Waals surface area (Å²) in [5.41, 5.74) is 0. The maximum absolute atomic E-state index is 12.1. The molecule has 2 rings (SSSR count). The Labute approximate surface area is 131 Å². The van der Waals surface area contributed by atoms with Gasteiger partial charge in [0, 0.05) is 37.2 Å². The molecule has 6 nitrogen and oxygen atoms in total. The Kier molecular flexibility index (Phi) is 6.63. The van der Waals surface area contributed by atoms with Gasteiger partial charge < -0.3 is 10.6 Å². The highest BCUT2D eigenvalue weighted by Crippen LogP contribution is 2.17. The average Bonchev–Trinajstić information content (AvgIpc) is 2.49. The molecule has 0 atom stereocenters. The first-order chi connectivity index (χ1) is 10.1. The Morgan fingerprint density at radius 1 is 1.14 bits per heavy atom. The van der Waals surface area contributed by atoms with Crippen molar-refractivity contribution >= 4 is 27.8 Å². The molecule has 0 unspecified atom stereocenters. The summed E-state index contributed by atoms with van der Waals surface area (Å²) in [4.78, 5) is 11.7. The first-order valence-corrected chi connectivity index (χ1v) is 10.4. The van der Waals surface area contributed by atoms with Gasteiger partial charge in [-0.15, -0.1) is 0 Å². The zero-order chi connectivity index (χ0) is 15.1. The number of hydrogen-bond acceptors (Lipinski definition) is 4. The topological polar surface area (TPSA) is 78.5 Å². The third-order valence-electron chi connectivity index (χ3n) is 3.95. The van der Waals surface area contributed by atoms with Gasteiger partial charge in [0.05, 0.1) is 5.75 Å². The van der Waals surface area contributed by atoms with E-state index in [9.17, 15) is 13.2 Å². The van der Waals surface area contributed by atoms with Crippen molar-refractivity contribution in [1.82, 2.24) is 14.9 Å². The van der Waals surface area contributed by atoms with Crippen molar-refractivity contribution in [2.45, 2.75) is 38.1 Å². The number of hydrogen-bond donors (Lipinski definition) is 2. The number of urea groups is 1. The van der Waals surface area contributed by atoms with E-state index in [2.05, 4.69) is 10.6 Å². The fraction of sp³-hybridized carbons (Fsp3) is 0.923. The molecule has 1 aliphatic carbocycles. The molecule has 0 bridgehead atoms. The molecule has 2 aliphatic rings. The highest BCUT2D eigenvalue weighted by Gasteiger charge is 2.24. The molecule has 0 aromatic rings. The van der Waals surface area contributed by atoms with E-state index in [4.69, 9.17) is 0 Å². The predicted molar refractivity (Wildman–Crippen MR) is 86.1 cm³/mol. The summed E-state index contributed by atoms with van der Waals surface area (Å²) in [5.74, 6) is 1.69. The van der Waals surface area contributed by atoms with Crippen LogP contribution in [0.15, 0.2) is 0 Å². The zero-order valence-electron chi connectivity index (χ0n) is 12.3. The molecule has 0 radical (unpaired) electrons. The standard InChI is InChI=1S/C13H25N3O3S2/c17-13(15-12-4-2-1-3-5-12)14-6-11-21(18,19)16-7-9-20-10-8-16/h12H,1-11H2,(H2,14,15,17). The molecule has 2 fully saturated rings. The number of carbonyl (C=O) groups is 1. The van der Waals surface area contributed by atoms with Crippen molar-refractivity contribution in [1.29, 1.82) is 0 Å². The minimum atomic E-state index is -3.23. The van der Waals surface area contributed by atoms with Gasteiger partial charge in [-0.3, -0.25) is 0 Å². The monoisotopic (exact) mass is 335 g/mol. The molecule has 1 saturated carbocycles. The van der Waals surface area contributed by atoms with Crippen LogP contribution in [0.3, 0.4) is 0 Å². The van der Waals surface area contributed by atoms with E-state index in [0.717, 1.165) is 37.2 Å². The minimum Gasteiger partial charge on any atom is -0.337 e. The van der Waals surface area contributed by atoms with Crippen LogP contribution >= 0.6 is 11.8 Å². The second kappa shape index (κ2) is 8.24. The number of sulfonamides is 1. The summed E-state index contributed by atoms with van der Waals surface area (Å²) in [6.07, 6.45) is 5.61. The van der Waals surface area contributed by atoms with E-state index in [1.807, 2.05) is 0 Å². The van der Waals surface area contributed by atoms with Crippen molar-refractivity contribution in [3.8, 4) is 0 Å². The van der Waals surface area contributed by atoms with E-state index in [1.54, 1.807) is 11.8 Å². The fourth-order valence-corrected chi connectivity index (χ4v) is 5.22. The van der Waals surface area contributed by atoms with E-state index >= 15 is 0 Å². The molecular formula is C13H25N3O3S2. The smallest absolute Gasteiger partial charge is 0.315 e. The van der Waals surface area contributed by atoms with Crippen LogP contribution < -0.4 is 10.6 Å². The number of nitrogens with zero attached hydrogens (tertiary/aromatic N) is 1.